The van der Waals surface area contributed by atoms with E-state index in [9.17, 15) is 0 Å². The molecule has 6 heteroatoms. The first-order chi connectivity index (χ1) is 10.4. The van der Waals surface area contributed by atoms with Crippen LogP contribution in [0.15, 0.2) is 18.6 Å². The summed E-state index contributed by atoms with van der Waals surface area (Å²) >= 11 is 1.68. The first kappa shape index (κ1) is 14.6. The van der Waals surface area contributed by atoms with Crippen LogP contribution < -0.4 is 5.32 Å². The molecule has 1 fully saturated rings. The highest BCUT2D eigenvalue weighted by Crippen LogP contribution is 2.27. The van der Waals surface area contributed by atoms with Crippen LogP contribution in [-0.4, -0.2) is 28.1 Å². The SMILES string of the molecule is COCc1nc(-c2cnccn2)sc1CNC1CCCC1. The van der Waals surface area contributed by atoms with Crippen molar-refractivity contribution in [3.8, 4) is 10.7 Å². The highest BCUT2D eigenvalue weighted by molar-refractivity contribution is 7.15. The average Bonchev–Trinajstić information content (AvgIpc) is 3.16. The summed E-state index contributed by atoms with van der Waals surface area (Å²) in [6, 6.07) is 0.655. The third kappa shape index (κ3) is 3.64. The van der Waals surface area contributed by atoms with E-state index >= 15 is 0 Å². The zero-order valence-electron chi connectivity index (χ0n) is 12.2. The van der Waals surface area contributed by atoms with E-state index in [0.29, 0.717) is 12.6 Å². The maximum absolute atomic E-state index is 5.27. The molecule has 21 heavy (non-hydrogen) atoms. The van der Waals surface area contributed by atoms with Gasteiger partial charge in [-0.2, -0.15) is 0 Å². The Labute approximate surface area is 128 Å². The lowest BCUT2D eigenvalue weighted by Gasteiger charge is -2.11. The van der Waals surface area contributed by atoms with Gasteiger partial charge in [0.2, 0.25) is 0 Å². The van der Waals surface area contributed by atoms with Gasteiger partial charge in [0.05, 0.1) is 18.5 Å². The van der Waals surface area contributed by atoms with E-state index in [-0.39, 0.29) is 0 Å². The monoisotopic (exact) mass is 304 g/mol. The maximum Gasteiger partial charge on any atom is 0.144 e. The summed E-state index contributed by atoms with van der Waals surface area (Å²) in [5.41, 5.74) is 1.83. The van der Waals surface area contributed by atoms with Gasteiger partial charge in [0, 0.05) is 37.0 Å². The van der Waals surface area contributed by atoms with Gasteiger partial charge in [-0.05, 0) is 12.8 Å². The molecule has 3 rings (SSSR count). The molecule has 0 atom stereocenters. The molecular weight excluding hydrogens is 284 g/mol. The summed E-state index contributed by atoms with van der Waals surface area (Å²) in [5.74, 6) is 0. The van der Waals surface area contributed by atoms with E-state index in [2.05, 4.69) is 20.3 Å². The Hall–Kier alpha value is -1.37. The highest BCUT2D eigenvalue weighted by Gasteiger charge is 2.17. The first-order valence-electron chi connectivity index (χ1n) is 7.34. The minimum atomic E-state index is 0.540. The van der Waals surface area contributed by atoms with E-state index in [1.54, 1.807) is 37.0 Å². The third-order valence-corrected chi connectivity index (χ3v) is 4.87. The number of ether oxygens (including phenoxy) is 1. The molecule has 0 spiro atoms. The lowest BCUT2D eigenvalue weighted by Crippen LogP contribution is -2.25. The van der Waals surface area contributed by atoms with Crippen LogP contribution in [0.5, 0.6) is 0 Å². The largest absolute Gasteiger partial charge is 0.378 e. The Morgan fingerprint density at radius 2 is 2.19 bits per heavy atom. The molecule has 2 heterocycles. The minimum Gasteiger partial charge on any atom is -0.378 e. The van der Waals surface area contributed by atoms with Gasteiger partial charge in [-0.25, -0.2) is 4.98 Å². The predicted molar refractivity (Wildman–Crippen MR) is 82.9 cm³/mol. The number of hydrogen-bond donors (Lipinski definition) is 1. The van der Waals surface area contributed by atoms with Crippen molar-refractivity contribution >= 4 is 11.3 Å². The number of methoxy groups -OCH3 is 1. The molecular formula is C15H20N4OS. The lowest BCUT2D eigenvalue weighted by molar-refractivity contribution is 0.181. The molecule has 1 N–H and O–H groups in total. The van der Waals surface area contributed by atoms with Crippen molar-refractivity contribution in [2.24, 2.45) is 0 Å². The quantitative estimate of drug-likeness (QED) is 0.889. The average molecular weight is 304 g/mol. The number of rotatable bonds is 6. The van der Waals surface area contributed by atoms with E-state index in [1.807, 2.05) is 0 Å². The van der Waals surface area contributed by atoms with E-state index in [4.69, 9.17) is 4.74 Å². The van der Waals surface area contributed by atoms with Gasteiger partial charge in [-0.3, -0.25) is 9.97 Å². The molecule has 0 amide bonds. The van der Waals surface area contributed by atoms with Gasteiger partial charge >= 0.3 is 0 Å². The molecule has 0 aromatic carbocycles. The Morgan fingerprint density at radius 1 is 1.33 bits per heavy atom. The second kappa shape index (κ2) is 7.06. The second-order valence-electron chi connectivity index (χ2n) is 5.27. The summed E-state index contributed by atoms with van der Waals surface area (Å²) in [5, 5.41) is 4.56. The van der Waals surface area contributed by atoms with Crippen LogP contribution in [0.1, 0.15) is 36.3 Å². The molecule has 2 aromatic rings. The Balaban J connectivity index is 1.76. The molecule has 2 aromatic heterocycles. The topological polar surface area (TPSA) is 59.9 Å². The Morgan fingerprint density at radius 3 is 2.90 bits per heavy atom. The van der Waals surface area contributed by atoms with E-state index < -0.39 is 0 Å². The van der Waals surface area contributed by atoms with Crippen molar-refractivity contribution in [2.45, 2.75) is 44.9 Å². The fourth-order valence-corrected chi connectivity index (χ4v) is 3.63. The van der Waals surface area contributed by atoms with Crippen molar-refractivity contribution in [3.63, 3.8) is 0 Å². The number of nitrogens with one attached hydrogen (secondary N) is 1. The Kier molecular flexibility index (Phi) is 4.90. The lowest BCUT2D eigenvalue weighted by atomic mass is 10.2. The minimum absolute atomic E-state index is 0.540. The van der Waals surface area contributed by atoms with Gasteiger partial charge in [0.1, 0.15) is 10.7 Å². The molecule has 0 saturated heterocycles. The summed E-state index contributed by atoms with van der Waals surface area (Å²) in [7, 11) is 1.70. The molecule has 1 aliphatic rings. The molecule has 5 nitrogen and oxygen atoms in total. The van der Waals surface area contributed by atoms with Crippen molar-refractivity contribution < 1.29 is 4.74 Å². The summed E-state index contributed by atoms with van der Waals surface area (Å²) in [4.78, 5) is 14.3. The van der Waals surface area contributed by atoms with Crippen molar-refractivity contribution in [2.75, 3.05) is 7.11 Å². The van der Waals surface area contributed by atoms with Crippen molar-refractivity contribution in [1.29, 1.82) is 0 Å². The van der Waals surface area contributed by atoms with Crippen LogP contribution in [0, 0.1) is 0 Å². The number of thiazole rings is 1. The van der Waals surface area contributed by atoms with E-state index in [0.717, 1.165) is 22.9 Å². The van der Waals surface area contributed by atoms with Crippen LogP contribution in [0.2, 0.25) is 0 Å². The van der Waals surface area contributed by atoms with Crippen LogP contribution in [0.25, 0.3) is 10.7 Å². The van der Waals surface area contributed by atoms with Crippen LogP contribution in [0.3, 0.4) is 0 Å². The molecule has 1 aliphatic carbocycles. The van der Waals surface area contributed by atoms with Crippen LogP contribution >= 0.6 is 11.3 Å². The van der Waals surface area contributed by atoms with Gasteiger partial charge in [0.15, 0.2) is 0 Å². The third-order valence-electron chi connectivity index (χ3n) is 3.75. The standard InChI is InChI=1S/C15H20N4OS/c1-20-10-13-14(9-18-11-4-2-3-5-11)21-15(19-13)12-8-16-6-7-17-12/h6-8,11,18H,2-5,9-10H2,1H3. The molecule has 0 aliphatic heterocycles. The van der Waals surface area contributed by atoms with E-state index in [1.165, 1.54) is 30.6 Å². The Bertz CT molecular complexity index is 566. The second-order valence-corrected chi connectivity index (χ2v) is 6.36. The molecule has 0 bridgehead atoms. The molecule has 0 radical (unpaired) electrons. The first-order valence-corrected chi connectivity index (χ1v) is 8.15. The number of nitrogens with zero attached hydrogens (tertiary/aromatic N) is 3. The van der Waals surface area contributed by atoms with Crippen molar-refractivity contribution in [3.05, 3.63) is 29.2 Å². The van der Waals surface area contributed by atoms with Crippen molar-refractivity contribution in [1.82, 2.24) is 20.3 Å². The summed E-state index contributed by atoms with van der Waals surface area (Å²) in [6.45, 7) is 1.40. The zero-order chi connectivity index (χ0) is 14.5. The fraction of sp³-hybridized carbons (Fsp3) is 0.533. The van der Waals surface area contributed by atoms with Crippen LogP contribution in [0.4, 0.5) is 0 Å². The maximum atomic E-state index is 5.27. The number of hydrogen-bond acceptors (Lipinski definition) is 6. The summed E-state index contributed by atoms with van der Waals surface area (Å²) in [6.07, 6.45) is 10.4. The number of aromatic nitrogens is 3. The molecule has 112 valence electrons. The van der Waals surface area contributed by atoms with Gasteiger partial charge in [-0.15, -0.1) is 11.3 Å². The van der Waals surface area contributed by atoms with Gasteiger partial charge in [0.25, 0.3) is 0 Å². The van der Waals surface area contributed by atoms with Crippen LogP contribution in [-0.2, 0) is 17.9 Å². The normalized spacial score (nSPS) is 15.7. The molecule has 1 saturated carbocycles. The fourth-order valence-electron chi connectivity index (χ4n) is 2.66. The van der Waals surface area contributed by atoms with Gasteiger partial charge in [-0.1, -0.05) is 12.8 Å². The smallest absolute Gasteiger partial charge is 0.144 e. The molecule has 0 unspecified atom stereocenters. The predicted octanol–water partition coefficient (Wildman–Crippen LogP) is 2.78. The summed E-state index contributed by atoms with van der Waals surface area (Å²) < 4.78 is 5.27. The zero-order valence-corrected chi connectivity index (χ0v) is 13.0. The highest BCUT2D eigenvalue weighted by atomic mass is 32.1. The van der Waals surface area contributed by atoms with Gasteiger partial charge < -0.3 is 10.1 Å².